The van der Waals surface area contributed by atoms with E-state index in [-0.39, 0.29) is 22.4 Å². The van der Waals surface area contributed by atoms with E-state index in [1.54, 1.807) is 0 Å². The Morgan fingerprint density at radius 2 is 1.55 bits per heavy atom. The van der Waals surface area contributed by atoms with Gasteiger partial charge in [-0.1, -0.05) is 19.8 Å². The normalized spacial score (nSPS) is 18.5. The average molecular weight is 462 g/mol. The third-order valence-electron chi connectivity index (χ3n) is 6.44. The first-order valence-electron chi connectivity index (χ1n) is 11.1. The fourth-order valence-electron chi connectivity index (χ4n) is 4.72. The molecule has 0 N–H and O–H groups in total. The molecule has 0 spiro atoms. The van der Waals surface area contributed by atoms with Crippen molar-refractivity contribution in [2.75, 3.05) is 0 Å². The SMILES string of the molecule is CCCC1CCC(c2cc(F)c(C(=O)Oc3ccc4c(F)c(F)c(F)cc4c3)c(F)c2)CC1. The lowest BCUT2D eigenvalue weighted by Crippen LogP contribution is -2.16. The Hall–Kier alpha value is -2.96. The Morgan fingerprint density at radius 3 is 2.18 bits per heavy atom. The van der Waals surface area contributed by atoms with Crippen LogP contribution in [0.4, 0.5) is 22.0 Å². The molecule has 1 saturated carbocycles. The zero-order chi connectivity index (χ0) is 23.7. The van der Waals surface area contributed by atoms with Crippen LogP contribution in [0.5, 0.6) is 5.75 Å². The molecule has 3 aromatic carbocycles. The molecule has 33 heavy (non-hydrogen) atoms. The molecule has 174 valence electrons. The largest absolute Gasteiger partial charge is 0.423 e. The van der Waals surface area contributed by atoms with Crippen LogP contribution in [0.3, 0.4) is 0 Å². The van der Waals surface area contributed by atoms with Crippen molar-refractivity contribution in [1.82, 2.24) is 0 Å². The van der Waals surface area contributed by atoms with Gasteiger partial charge in [-0.3, -0.25) is 0 Å². The van der Waals surface area contributed by atoms with E-state index in [0.29, 0.717) is 11.5 Å². The summed E-state index contributed by atoms with van der Waals surface area (Å²) in [5, 5.41) is -0.282. The van der Waals surface area contributed by atoms with Crippen molar-refractivity contribution in [3.05, 3.63) is 76.6 Å². The maximum atomic E-state index is 14.7. The predicted octanol–water partition coefficient (Wildman–Crippen LogP) is 7.83. The lowest BCUT2D eigenvalue weighted by molar-refractivity contribution is 0.0724. The number of fused-ring (bicyclic) bond motifs is 1. The molecule has 7 heteroatoms. The Morgan fingerprint density at radius 1 is 0.879 bits per heavy atom. The third-order valence-corrected chi connectivity index (χ3v) is 6.44. The molecule has 0 amide bonds. The van der Waals surface area contributed by atoms with Crippen molar-refractivity contribution >= 4 is 16.7 Å². The van der Waals surface area contributed by atoms with Gasteiger partial charge < -0.3 is 4.74 Å². The Labute approximate surface area is 188 Å². The van der Waals surface area contributed by atoms with Gasteiger partial charge in [0.15, 0.2) is 17.5 Å². The van der Waals surface area contributed by atoms with E-state index in [2.05, 4.69) is 6.92 Å². The third kappa shape index (κ3) is 4.72. The monoisotopic (exact) mass is 462 g/mol. The summed E-state index contributed by atoms with van der Waals surface area (Å²) in [4.78, 5) is 12.5. The molecule has 1 aliphatic carbocycles. The van der Waals surface area contributed by atoms with Crippen LogP contribution in [-0.2, 0) is 0 Å². The van der Waals surface area contributed by atoms with Crippen molar-refractivity contribution in [2.24, 2.45) is 5.92 Å². The van der Waals surface area contributed by atoms with E-state index < -0.39 is 40.6 Å². The van der Waals surface area contributed by atoms with Crippen LogP contribution >= 0.6 is 0 Å². The molecule has 0 aliphatic heterocycles. The molecule has 3 aromatic rings. The second kappa shape index (κ2) is 9.49. The summed E-state index contributed by atoms with van der Waals surface area (Å²) >= 11 is 0. The molecule has 0 saturated heterocycles. The van der Waals surface area contributed by atoms with Crippen LogP contribution in [0.1, 0.15) is 67.3 Å². The predicted molar refractivity (Wildman–Crippen MR) is 115 cm³/mol. The van der Waals surface area contributed by atoms with Crippen molar-refractivity contribution in [3.8, 4) is 5.75 Å². The molecule has 1 aliphatic rings. The molecule has 2 nitrogen and oxygen atoms in total. The van der Waals surface area contributed by atoms with Gasteiger partial charge in [0.1, 0.15) is 22.9 Å². The van der Waals surface area contributed by atoms with E-state index in [1.165, 1.54) is 12.1 Å². The van der Waals surface area contributed by atoms with Gasteiger partial charge in [-0.2, -0.15) is 0 Å². The zero-order valence-electron chi connectivity index (χ0n) is 18.1. The number of hydrogen-bond acceptors (Lipinski definition) is 2. The van der Waals surface area contributed by atoms with Crippen LogP contribution in [-0.4, -0.2) is 5.97 Å². The first-order valence-corrected chi connectivity index (χ1v) is 11.1. The van der Waals surface area contributed by atoms with Gasteiger partial charge in [0.2, 0.25) is 0 Å². The molecular formula is C26H23F5O2. The van der Waals surface area contributed by atoms with E-state index in [9.17, 15) is 26.7 Å². The minimum atomic E-state index is -1.62. The summed E-state index contributed by atoms with van der Waals surface area (Å²) in [6, 6.07) is 6.44. The summed E-state index contributed by atoms with van der Waals surface area (Å²) in [7, 11) is 0. The minimum Gasteiger partial charge on any atom is -0.423 e. The first-order chi connectivity index (χ1) is 15.8. The van der Waals surface area contributed by atoms with E-state index in [4.69, 9.17) is 4.74 Å². The molecule has 4 rings (SSSR count). The number of ether oxygens (including phenoxy) is 1. The van der Waals surface area contributed by atoms with Gasteiger partial charge in [0.05, 0.1) is 0 Å². The molecular weight excluding hydrogens is 439 g/mol. The lowest BCUT2D eigenvalue weighted by atomic mass is 9.77. The zero-order valence-corrected chi connectivity index (χ0v) is 18.1. The number of carbonyl (C=O) groups is 1. The number of halogens is 5. The Balaban J connectivity index is 1.53. The van der Waals surface area contributed by atoms with Gasteiger partial charge in [-0.05, 0) is 84.9 Å². The summed E-state index contributed by atoms with van der Waals surface area (Å²) < 4.78 is 75.3. The molecule has 0 radical (unpaired) electrons. The maximum absolute atomic E-state index is 14.7. The molecule has 0 bridgehead atoms. The van der Waals surface area contributed by atoms with Crippen molar-refractivity contribution in [2.45, 2.75) is 51.4 Å². The highest BCUT2D eigenvalue weighted by Crippen LogP contribution is 2.38. The van der Waals surface area contributed by atoms with Gasteiger partial charge >= 0.3 is 5.97 Å². The van der Waals surface area contributed by atoms with Gasteiger partial charge in [-0.25, -0.2) is 26.7 Å². The smallest absolute Gasteiger partial charge is 0.349 e. The summed E-state index contributed by atoms with van der Waals surface area (Å²) in [5.74, 6) is -7.21. The number of carbonyl (C=O) groups excluding carboxylic acids is 1. The van der Waals surface area contributed by atoms with Crippen LogP contribution in [0.25, 0.3) is 10.8 Å². The fourth-order valence-corrected chi connectivity index (χ4v) is 4.72. The van der Waals surface area contributed by atoms with Gasteiger partial charge in [0, 0.05) is 5.39 Å². The molecule has 0 aromatic heterocycles. The summed E-state index contributed by atoms with van der Waals surface area (Å²) in [5.41, 5.74) is -0.315. The topological polar surface area (TPSA) is 26.3 Å². The molecule has 0 heterocycles. The van der Waals surface area contributed by atoms with Gasteiger partial charge in [0.25, 0.3) is 0 Å². The number of hydrogen-bond donors (Lipinski definition) is 0. The van der Waals surface area contributed by atoms with Crippen LogP contribution < -0.4 is 4.74 Å². The molecule has 1 fully saturated rings. The molecule has 0 unspecified atom stereocenters. The van der Waals surface area contributed by atoms with Crippen LogP contribution in [0.15, 0.2) is 36.4 Å². The Kier molecular flexibility index (Phi) is 6.68. The standard InChI is InChI=1S/C26H23F5O2/c1-2-3-14-4-6-15(7-5-14)16-11-20(27)23(21(28)12-16)26(32)33-18-8-9-19-17(10-18)13-22(29)25(31)24(19)30/h8-15H,2-7H2,1H3. The highest BCUT2D eigenvalue weighted by molar-refractivity contribution is 5.93. The summed E-state index contributed by atoms with van der Waals surface area (Å²) in [6.45, 7) is 2.14. The van der Waals surface area contributed by atoms with Gasteiger partial charge in [-0.15, -0.1) is 0 Å². The second-order valence-corrected chi connectivity index (χ2v) is 8.62. The fraction of sp³-hybridized carbons (Fsp3) is 0.346. The second-order valence-electron chi connectivity index (χ2n) is 8.62. The lowest BCUT2D eigenvalue weighted by Gasteiger charge is -2.28. The number of rotatable bonds is 5. The highest BCUT2D eigenvalue weighted by Gasteiger charge is 2.26. The first kappa shape index (κ1) is 23.2. The van der Waals surface area contributed by atoms with E-state index in [0.717, 1.165) is 62.8 Å². The Bertz CT molecular complexity index is 1180. The quantitative estimate of drug-likeness (QED) is 0.167. The van der Waals surface area contributed by atoms with Crippen molar-refractivity contribution < 1.29 is 31.5 Å². The van der Waals surface area contributed by atoms with Crippen molar-refractivity contribution in [1.29, 1.82) is 0 Å². The van der Waals surface area contributed by atoms with Crippen LogP contribution in [0, 0.1) is 35.0 Å². The minimum absolute atomic E-state index is 0.0397. The number of benzene rings is 3. The van der Waals surface area contributed by atoms with E-state index in [1.807, 2.05) is 0 Å². The highest BCUT2D eigenvalue weighted by atomic mass is 19.2. The van der Waals surface area contributed by atoms with Crippen molar-refractivity contribution in [3.63, 3.8) is 0 Å². The van der Waals surface area contributed by atoms with Crippen LogP contribution in [0.2, 0.25) is 0 Å². The average Bonchev–Trinajstić information content (AvgIpc) is 2.77. The molecule has 0 atom stereocenters. The maximum Gasteiger partial charge on any atom is 0.349 e. The van der Waals surface area contributed by atoms with E-state index >= 15 is 0 Å². The number of esters is 1. The summed E-state index contributed by atoms with van der Waals surface area (Å²) in [6.07, 6.45) is 5.99.